The van der Waals surface area contributed by atoms with Crippen LogP contribution in [0.3, 0.4) is 0 Å². The van der Waals surface area contributed by atoms with Gasteiger partial charge in [-0.3, -0.25) is 14.5 Å². The number of ether oxygens (including phenoxy) is 2. The van der Waals surface area contributed by atoms with E-state index in [1.165, 1.54) is 0 Å². The van der Waals surface area contributed by atoms with Gasteiger partial charge in [0.2, 0.25) is 5.88 Å². The highest BCUT2D eigenvalue weighted by molar-refractivity contribution is 5.96. The predicted octanol–water partition coefficient (Wildman–Crippen LogP) is 5.96. The molecule has 14 heteroatoms. The second-order valence-electron chi connectivity index (χ2n) is 12.0. The number of unbranched alkanes of at least 4 members (excludes halogenated alkanes) is 1. The van der Waals surface area contributed by atoms with Crippen molar-refractivity contribution in [2.75, 3.05) is 45.2 Å². The zero-order valence-corrected chi connectivity index (χ0v) is 29.1. The normalized spacial score (nSPS) is 13.3. The third kappa shape index (κ3) is 10.6. The number of piperidine rings is 1. The van der Waals surface area contributed by atoms with Crippen molar-refractivity contribution >= 4 is 35.9 Å². The number of rotatable bonds is 14. The number of urea groups is 1. The summed E-state index contributed by atoms with van der Waals surface area (Å²) in [4.78, 5) is 45.8. The van der Waals surface area contributed by atoms with Gasteiger partial charge in [-0.15, -0.1) is 12.4 Å². The van der Waals surface area contributed by atoms with E-state index < -0.39 is 29.1 Å². The minimum atomic E-state index is -1.08. The van der Waals surface area contributed by atoms with Crippen molar-refractivity contribution in [2.24, 2.45) is 5.73 Å². The number of hydrogen-bond donors (Lipinski definition) is 3. The van der Waals surface area contributed by atoms with Gasteiger partial charge in [-0.1, -0.05) is 19.4 Å². The Morgan fingerprint density at radius 3 is 2.35 bits per heavy atom. The molecule has 1 aliphatic rings. The van der Waals surface area contributed by atoms with E-state index >= 15 is 0 Å². The first-order valence-electron chi connectivity index (χ1n) is 16.1. The Bertz CT molecular complexity index is 1580. The lowest BCUT2D eigenvalue weighted by atomic mass is 10.0. The van der Waals surface area contributed by atoms with E-state index in [2.05, 4.69) is 20.5 Å². The Hall–Kier alpha value is -4.33. The number of nitrogens with one attached hydrogen (secondary N) is 2. The molecule has 4 N–H and O–H groups in total. The van der Waals surface area contributed by atoms with Crippen LogP contribution in [0.25, 0.3) is 0 Å². The minimum absolute atomic E-state index is 0. The lowest BCUT2D eigenvalue weighted by Crippen LogP contribution is -2.49. The number of nitrogens with two attached hydrogens (primary N) is 1. The number of nitrogens with zero attached hydrogens (tertiary/aromatic N) is 3. The average Bonchev–Trinajstić information content (AvgIpc) is 3.05. The van der Waals surface area contributed by atoms with Crippen LogP contribution in [0.2, 0.25) is 0 Å². The summed E-state index contributed by atoms with van der Waals surface area (Å²) in [5.41, 5.74) is 7.61. The van der Waals surface area contributed by atoms with E-state index in [1.807, 2.05) is 32.9 Å². The molecule has 2 heterocycles. The van der Waals surface area contributed by atoms with Crippen LogP contribution in [0.15, 0.2) is 42.6 Å². The molecule has 4 rings (SSSR count). The summed E-state index contributed by atoms with van der Waals surface area (Å²) in [6, 6.07) is 8.26. The van der Waals surface area contributed by atoms with Crippen LogP contribution in [-0.4, -0.2) is 78.6 Å². The SMILES string of the molecule is CCCCN(C(=O)Nc1cc(C(N)=O)c(F)cc1F)C1CCN(Cc2ccc(Oc3c(C)cc(C(=O)NCCOC)cc3C)nc2)CC1.Cl. The number of hydrogen-bond acceptors (Lipinski definition) is 7. The van der Waals surface area contributed by atoms with E-state index in [0.717, 1.165) is 48.7 Å². The third-order valence-electron chi connectivity index (χ3n) is 8.30. The molecule has 2 aromatic carbocycles. The molecule has 0 bridgehead atoms. The fourth-order valence-corrected chi connectivity index (χ4v) is 5.73. The summed E-state index contributed by atoms with van der Waals surface area (Å²) in [6.45, 7) is 9.28. The van der Waals surface area contributed by atoms with Crippen LogP contribution < -0.4 is 21.1 Å². The van der Waals surface area contributed by atoms with E-state index in [-0.39, 0.29) is 30.0 Å². The van der Waals surface area contributed by atoms with Gasteiger partial charge in [0.1, 0.15) is 17.4 Å². The predicted molar refractivity (Wildman–Crippen MR) is 185 cm³/mol. The van der Waals surface area contributed by atoms with Crippen LogP contribution >= 0.6 is 12.4 Å². The zero-order valence-electron chi connectivity index (χ0n) is 28.3. The lowest BCUT2D eigenvalue weighted by Gasteiger charge is -2.38. The fourth-order valence-electron chi connectivity index (χ4n) is 5.73. The largest absolute Gasteiger partial charge is 0.438 e. The van der Waals surface area contributed by atoms with Gasteiger partial charge in [0.15, 0.2) is 0 Å². The number of pyridine rings is 1. The molecule has 1 aromatic heterocycles. The fraction of sp³-hybridized carbons (Fsp3) is 0.429. The molecule has 1 fully saturated rings. The highest BCUT2D eigenvalue weighted by Crippen LogP contribution is 2.30. The van der Waals surface area contributed by atoms with Crippen molar-refractivity contribution in [2.45, 2.75) is 59.0 Å². The van der Waals surface area contributed by atoms with Crippen LogP contribution in [0, 0.1) is 25.5 Å². The Morgan fingerprint density at radius 1 is 1.06 bits per heavy atom. The van der Waals surface area contributed by atoms with Gasteiger partial charge in [-0.2, -0.15) is 0 Å². The van der Waals surface area contributed by atoms with Crippen LogP contribution in [-0.2, 0) is 11.3 Å². The Labute approximate surface area is 291 Å². The molecule has 11 nitrogen and oxygen atoms in total. The lowest BCUT2D eigenvalue weighted by molar-refractivity contribution is 0.0935. The number of carbonyl (C=O) groups excluding carboxylic acids is 3. The molecule has 0 radical (unpaired) electrons. The molecule has 1 saturated heterocycles. The number of carbonyl (C=O) groups is 3. The molecule has 0 saturated carbocycles. The summed E-state index contributed by atoms with van der Waals surface area (Å²) in [7, 11) is 1.58. The van der Waals surface area contributed by atoms with E-state index in [0.29, 0.717) is 62.3 Å². The van der Waals surface area contributed by atoms with Gasteiger partial charge < -0.3 is 30.7 Å². The van der Waals surface area contributed by atoms with Crippen molar-refractivity contribution < 1.29 is 32.6 Å². The molecule has 0 spiro atoms. The van der Waals surface area contributed by atoms with Gasteiger partial charge in [0.05, 0.1) is 17.9 Å². The molecule has 0 atom stereocenters. The number of likely N-dealkylation sites (tertiary alicyclic amines) is 1. The van der Waals surface area contributed by atoms with Crippen LogP contribution in [0.1, 0.15) is 70.0 Å². The number of amides is 4. The third-order valence-corrected chi connectivity index (χ3v) is 8.30. The topological polar surface area (TPSA) is 139 Å². The van der Waals surface area contributed by atoms with E-state index in [9.17, 15) is 23.2 Å². The van der Waals surface area contributed by atoms with E-state index in [1.54, 1.807) is 30.3 Å². The number of halogens is 3. The number of primary amides is 1. The van der Waals surface area contributed by atoms with E-state index in [4.69, 9.17) is 15.2 Å². The highest BCUT2D eigenvalue weighted by atomic mass is 35.5. The van der Waals surface area contributed by atoms with Crippen molar-refractivity contribution in [1.29, 1.82) is 0 Å². The molecular weight excluding hydrogens is 658 g/mol. The maximum atomic E-state index is 14.5. The standard InChI is InChI=1S/C35H44F2N6O5.ClH/c1-5-6-12-43(35(46)41-30-18-27(33(38)44)28(36)19-29(30)37)26-9-13-42(14-10-26)21-24-7-8-31(40-20-24)48-32-22(2)16-25(17-23(32)3)34(45)39-11-15-47-4;/h7-8,16-20,26H,5-6,9-15,21H2,1-4H3,(H2,38,44)(H,39,45)(H,41,46);1H. The number of aromatic nitrogens is 1. The van der Waals surface area contributed by atoms with Gasteiger partial charge in [-0.25, -0.2) is 18.6 Å². The molecule has 0 unspecified atom stereocenters. The van der Waals surface area contributed by atoms with Gasteiger partial charge in [-0.05, 0) is 68.0 Å². The number of benzene rings is 2. The smallest absolute Gasteiger partial charge is 0.322 e. The maximum Gasteiger partial charge on any atom is 0.322 e. The quantitative estimate of drug-likeness (QED) is 0.176. The molecular formula is C35H45ClF2N6O5. The van der Waals surface area contributed by atoms with Gasteiger partial charge in [0.25, 0.3) is 11.8 Å². The minimum Gasteiger partial charge on any atom is -0.438 e. The number of methoxy groups -OCH3 is 1. The Balaban J connectivity index is 0.00000650. The molecule has 49 heavy (non-hydrogen) atoms. The van der Waals surface area contributed by atoms with Crippen molar-refractivity contribution in [1.82, 2.24) is 20.1 Å². The highest BCUT2D eigenvalue weighted by Gasteiger charge is 2.29. The Kier molecular flexibility index (Phi) is 14.7. The number of anilines is 1. The second kappa shape index (κ2) is 18.4. The summed E-state index contributed by atoms with van der Waals surface area (Å²) < 4.78 is 39.5. The van der Waals surface area contributed by atoms with Crippen molar-refractivity contribution in [3.63, 3.8) is 0 Å². The maximum absolute atomic E-state index is 14.5. The van der Waals surface area contributed by atoms with Crippen molar-refractivity contribution in [3.05, 3.63) is 82.0 Å². The zero-order chi connectivity index (χ0) is 34.8. The monoisotopic (exact) mass is 702 g/mol. The molecule has 0 aliphatic carbocycles. The average molecular weight is 703 g/mol. The summed E-state index contributed by atoms with van der Waals surface area (Å²) in [5.74, 6) is -2.19. The van der Waals surface area contributed by atoms with Gasteiger partial charge in [0, 0.05) is 69.8 Å². The van der Waals surface area contributed by atoms with Crippen molar-refractivity contribution in [3.8, 4) is 11.6 Å². The molecule has 1 aliphatic heterocycles. The molecule has 266 valence electrons. The summed E-state index contributed by atoms with van der Waals surface area (Å²) in [5, 5.41) is 5.34. The molecule has 4 amide bonds. The summed E-state index contributed by atoms with van der Waals surface area (Å²) >= 11 is 0. The van der Waals surface area contributed by atoms with Crippen LogP contribution in [0.4, 0.5) is 19.3 Å². The van der Waals surface area contributed by atoms with Gasteiger partial charge >= 0.3 is 6.03 Å². The number of aryl methyl sites for hydroxylation is 2. The van der Waals surface area contributed by atoms with Crippen LogP contribution in [0.5, 0.6) is 11.6 Å². The Morgan fingerprint density at radius 2 is 1.76 bits per heavy atom. The first-order valence-corrected chi connectivity index (χ1v) is 16.1. The first kappa shape index (κ1) is 39.1. The second-order valence-corrected chi connectivity index (χ2v) is 12.0. The molecule has 3 aromatic rings. The first-order chi connectivity index (χ1) is 23.0. The summed E-state index contributed by atoms with van der Waals surface area (Å²) in [6.07, 6.45) is 4.83.